The Labute approximate surface area is 161 Å². The zero-order valence-corrected chi connectivity index (χ0v) is 15.8. The molecule has 0 N–H and O–H groups in total. The zero-order chi connectivity index (χ0) is 19.7. The van der Waals surface area contributed by atoms with E-state index >= 15 is 0 Å². The van der Waals surface area contributed by atoms with Gasteiger partial charge in [-0.3, -0.25) is 4.79 Å². The molecule has 1 aromatic carbocycles. The van der Waals surface area contributed by atoms with Gasteiger partial charge in [0.1, 0.15) is 0 Å². The quantitative estimate of drug-likeness (QED) is 0.690. The summed E-state index contributed by atoms with van der Waals surface area (Å²) in [5, 5.41) is 4.08. The molecule has 2 aromatic heterocycles. The van der Waals surface area contributed by atoms with Gasteiger partial charge in [-0.1, -0.05) is 5.16 Å². The van der Waals surface area contributed by atoms with Gasteiger partial charge in [0.25, 0.3) is 5.91 Å². The van der Waals surface area contributed by atoms with Crippen LogP contribution in [0.3, 0.4) is 0 Å². The third-order valence-electron chi connectivity index (χ3n) is 5.14. The fourth-order valence-corrected chi connectivity index (χ4v) is 3.51. The third-order valence-corrected chi connectivity index (χ3v) is 5.14. The van der Waals surface area contributed by atoms with Crippen molar-refractivity contribution in [2.75, 3.05) is 20.2 Å². The molecule has 28 heavy (non-hydrogen) atoms. The molecule has 0 bridgehead atoms. The van der Waals surface area contributed by atoms with E-state index < -0.39 is 5.82 Å². The molecule has 7 nitrogen and oxygen atoms in total. The number of amides is 1. The van der Waals surface area contributed by atoms with E-state index in [0.717, 1.165) is 18.5 Å². The van der Waals surface area contributed by atoms with Crippen molar-refractivity contribution in [1.29, 1.82) is 0 Å². The largest absolute Gasteiger partial charge is 0.494 e. The predicted octanol–water partition coefficient (Wildman–Crippen LogP) is 3.24. The lowest BCUT2D eigenvalue weighted by Crippen LogP contribution is -2.38. The Kier molecular flexibility index (Phi) is 4.85. The molecule has 1 fully saturated rings. The van der Waals surface area contributed by atoms with Crippen molar-refractivity contribution in [2.45, 2.75) is 18.8 Å². The van der Waals surface area contributed by atoms with Crippen LogP contribution in [0, 0.1) is 5.82 Å². The van der Waals surface area contributed by atoms with Gasteiger partial charge in [0.15, 0.2) is 11.6 Å². The molecule has 1 saturated heterocycles. The van der Waals surface area contributed by atoms with Crippen molar-refractivity contribution in [3.05, 3.63) is 53.8 Å². The predicted molar refractivity (Wildman–Crippen MR) is 99.5 cm³/mol. The number of aromatic nitrogens is 3. The molecule has 0 spiro atoms. The summed E-state index contributed by atoms with van der Waals surface area (Å²) in [5.74, 6) is 0.671. The SMILES string of the molecule is COc1ccc(C(=O)N2CCC(c3nc(-c4cccn4C)no3)CC2)cc1F. The molecule has 8 heteroatoms. The number of piperidine rings is 1. The van der Waals surface area contributed by atoms with Crippen molar-refractivity contribution in [2.24, 2.45) is 7.05 Å². The smallest absolute Gasteiger partial charge is 0.253 e. The van der Waals surface area contributed by atoms with E-state index in [2.05, 4.69) is 10.1 Å². The van der Waals surface area contributed by atoms with E-state index in [1.807, 2.05) is 29.9 Å². The average Bonchev–Trinajstić information content (AvgIpc) is 3.36. The van der Waals surface area contributed by atoms with Gasteiger partial charge in [0.05, 0.1) is 12.8 Å². The summed E-state index contributed by atoms with van der Waals surface area (Å²) in [6, 6.07) is 8.14. The fraction of sp³-hybridized carbons (Fsp3) is 0.350. The molecule has 0 saturated carbocycles. The van der Waals surface area contributed by atoms with Gasteiger partial charge in [-0.25, -0.2) is 4.39 Å². The maximum absolute atomic E-state index is 13.9. The minimum Gasteiger partial charge on any atom is -0.494 e. The summed E-state index contributed by atoms with van der Waals surface area (Å²) in [4.78, 5) is 18.9. The number of likely N-dealkylation sites (tertiary alicyclic amines) is 1. The van der Waals surface area contributed by atoms with Crippen molar-refractivity contribution in [3.63, 3.8) is 0 Å². The molecular formula is C20H21FN4O3. The van der Waals surface area contributed by atoms with E-state index in [1.54, 1.807) is 11.0 Å². The van der Waals surface area contributed by atoms with E-state index in [-0.39, 0.29) is 17.6 Å². The summed E-state index contributed by atoms with van der Waals surface area (Å²) in [7, 11) is 3.32. The van der Waals surface area contributed by atoms with E-state index in [9.17, 15) is 9.18 Å². The number of hydrogen-bond acceptors (Lipinski definition) is 5. The highest BCUT2D eigenvalue weighted by molar-refractivity contribution is 5.94. The number of rotatable bonds is 4. The molecule has 0 atom stereocenters. The Hall–Kier alpha value is -3.16. The van der Waals surface area contributed by atoms with Gasteiger partial charge in [-0.05, 0) is 43.2 Å². The first-order chi connectivity index (χ1) is 13.6. The number of benzene rings is 1. The Bertz CT molecular complexity index is 989. The van der Waals surface area contributed by atoms with Crippen LogP contribution in [-0.4, -0.2) is 45.7 Å². The van der Waals surface area contributed by atoms with Gasteiger partial charge in [-0.15, -0.1) is 0 Å². The lowest BCUT2D eigenvalue weighted by Gasteiger charge is -2.30. The standard InChI is InChI=1S/C20H21FN4O3/c1-24-9-3-4-16(24)18-22-19(28-23-18)13-7-10-25(11-8-13)20(26)14-5-6-17(27-2)15(21)12-14/h3-6,9,12-13H,7-8,10-11H2,1-2H3. The lowest BCUT2D eigenvalue weighted by atomic mass is 9.96. The average molecular weight is 384 g/mol. The van der Waals surface area contributed by atoms with Gasteiger partial charge in [0.2, 0.25) is 11.7 Å². The second kappa shape index (κ2) is 7.46. The number of carbonyl (C=O) groups excluding carboxylic acids is 1. The van der Waals surface area contributed by atoms with Crippen molar-refractivity contribution in [1.82, 2.24) is 19.6 Å². The zero-order valence-electron chi connectivity index (χ0n) is 15.8. The first kappa shape index (κ1) is 18.2. The Morgan fingerprint density at radius 2 is 2.07 bits per heavy atom. The maximum atomic E-state index is 13.9. The molecule has 1 aliphatic heterocycles. The number of nitrogens with zero attached hydrogens (tertiary/aromatic N) is 4. The highest BCUT2D eigenvalue weighted by Gasteiger charge is 2.28. The topological polar surface area (TPSA) is 73.4 Å². The van der Waals surface area contributed by atoms with Crippen LogP contribution in [0.25, 0.3) is 11.5 Å². The van der Waals surface area contributed by atoms with Gasteiger partial charge in [-0.2, -0.15) is 4.98 Å². The Morgan fingerprint density at radius 3 is 2.71 bits per heavy atom. The molecule has 1 aliphatic rings. The number of carbonyl (C=O) groups is 1. The number of hydrogen-bond donors (Lipinski definition) is 0. The van der Waals surface area contributed by atoms with Crippen molar-refractivity contribution >= 4 is 5.91 Å². The summed E-state index contributed by atoms with van der Waals surface area (Å²) in [6.45, 7) is 1.11. The van der Waals surface area contributed by atoms with Crippen LogP contribution in [0.5, 0.6) is 5.75 Å². The third kappa shape index (κ3) is 3.37. The van der Waals surface area contributed by atoms with Crippen LogP contribution in [-0.2, 0) is 7.05 Å². The fourth-order valence-electron chi connectivity index (χ4n) is 3.51. The van der Waals surface area contributed by atoms with E-state index in [1.165, 1.54) is 19.2 Å². The second-order valence-electron chi connectivity index (χ2n) is 6.88. The molecule has 0 aliphatic carbocycles. The number of ether oxygens (including phenoxy) is 1. The summed E-state index contributed by atoms with van der Waals surface area (Å²) in [5.41, 5.74) is 1.21. The summed E-state index contributed by atoms with van der Waals surface area (Å²) < 4.78 is 26.2. The van der Waals surface area contributed by atoms with Crippen LogP contribution >= 0.6 is 0 Å². The van der Waals surface area contributed by atoms with Crippen molar-refractivity contribution < 1.29 is 18.4 Å². The molecule has 0 radical (unpaired) electrons. The monoisotopic (exact) mass is 384 g/mol. The number of methoxy groups -OCH3 is 1. The number of halogens is 1. The lowest BCUT2D eigenvalue weighted by molar-refractivity contribution is 0.0704. The number of aryl methyl sites for hydroxylation is 1. The Balaban J connectivity index is 1.41. The molecule has 0 unspecified atom stereocenters. The molecule has 1 amide bonds. The van der Waals surface area contributed by atoms with E-state index in [4.69, 9.17) is 9.26 Å². The molecular weight excluding hydrogens is 363 g/mol. The minimum atomic E-state index is -0.540. The van der Waals surface area contributed by atoms with Gasteiger partial charge in [0, 0.05) is 37.8 Å². The molecule has 3 aromatic rings. The van der Waals surface area contributed by atoms with Crippen molar-refractivity contribution in [3.8, 4) is 17.3 Å². The van der Waals surface area contributed by atoms with Crippen LogP contribution in [0.15, 0.2) is 41.1 Å². The first-order valence-corrected chi connectivity index (χ1v) is 9.15. The van der Waals surface area contributed by atoms with Crippen LogP contribution < -0.4 is 4.74 Å². The van der Waals surface area contributed by atoms with Crippen LogP contribution in [0.2, 0.25) is 0 Å². The Morgan fingerprint density at radius 1 is 1.29 bits per heavy atom. The molecule has 3 heterocycles. The molecule has 4 rings (SSSR count). The summed E-state index contributed by atoms with van der Waals surface area (Å²) in [6.07, 6.45) is 3.37. The summed E-state index contributed by atoms with van der Waals surface area (Å²) >= 11 is 0. The second-order valence-corrected chi connectivity index (χ2v) is 6.88. The van der Waals surface area contributed by atoms with Crippen LogP contribution in [0.1, 0.15) is 35.0 Å². The normalized spacial score (nSPS) is 15.0. The first-order valence-electron chi connectivity index (χ1n) is 9.15. The highest BCUT2D eigenvalue weighted by Crippen LogP contribution is 2.29. The highest BCUT2D eigenvalue weighted by atomic mass is 19.1. The van der Waals surface area contributed by atoms with Gasteiger partial charge < -0.3 is 18.7 Å². The van der Waals surface area contributed by atoms with Gasteiger partial charge >= 0.3 is 0 Å². The van der Waals surface area contributed by atoms with Crippen LogP contribution in [0.4, 0.5) is 4.39 Å². The molecule has 146 valence electrons. The van der Waals surface area contributed by atoms with E-state index in [0.29, 0.717) is 30.4 Å². The maximum Gasteiger partial charge on any atom is 0.253 e. The minimum absolute atomic E-state index is 0.109.